The summed E-state index contributed by atoms with van der Waals surface area (Å²) < 4.78 is 43.9. The maximum Gasteiger partial charge on any atom is 0.416 e. The number of alkyl halides is 3. The van der Waals surface area contributed by atoms with Crippen molar-refractivity contribution in [3.05, 3.63) is 41.9 Å². The number of nitrogens with zero attached hydrogens (tertiary/aromatic N) is 1. The SMILES string of the molecule is CCNc1cc(C(F)(F)F)cc(NC(C)c2ccco2)n1. The topological polar surface area (TPSA) is 50.1 Å². The Balaban J connectivity index is 2.27. The van der Waals surface area contributed by atoms with Gasteiger partial charge in [-0.05, 0) is 38.1 Å². The molecule has 0 aliphatic carbocycles. The quantitative estimate of drug-likeness (QED) is 0.864. The number of pyridine rings is 1. The predicted molar refractivity (Wildman–Crippen MR) is 74.1 cm³/mol. The molecule has 0 fully saturated rings. The van der Waals surface area contributed by atoms with Crippen molar-refractivity contribution in [2.24, 2.45) is 0 Å². The lowest BCUT2D eigenvalue weighted by atomic mass is 10.2. The van der Waals surface area contributed by atoms with Gasteiger partial charge < -0.3 is 15.1 Å². The van der Waals surface area contributed by atoms with Gasteiger partial charge in [0.2, 0.25) is 0 Å². The highest BCUT2D eigenvalue weighted by molar-refractivity contribution is 5.50. The van der Waals surface area contributed by atoms with E-state index in [1.54, 1.807) is 26.0 Å². The minimum absolute atomic E-state index is 0.143. The van der Waals surface area contributed by atoms with Crippen molar-refractivity contribution in [2.45, 2.75) is 26.1 Å². The fourth-order valence-corrected chi connectivity index (χ4v) is 1.87. The van der Waals surface area contributed by atoms with Crippen LogP contribution in [-0.2, 0) is 6.18 Å². The molecule has 0 amide bonds. The number of hydrogen-bond donors (Lipinski definition) is 2. The molecule has 1 unspecified atom stereocenters. The summed E-state index contributed by atoms with van der Waals surface area (Å²) in [6.07, 6.45) is -2.91. The van der Waals surface area contributed by atoms with Gasteiger partial charge in [0, 0.05) is 6.54 Å². The highest BCUT2D eigenvalue weighted by Crippen LogP contribution is 2.32. The molecule has 2 rings (SSSR count). The van der Waals surface area contributed by atoms with Crippen LogP contribution in [-0.4, -0.2) is 11.5 Å². The summed E-state index contributed by atoms with van der Waals surface area (Å²) in [4.78, 5) is 4.12. The van der Waals surface area contributed by atoms with Crippen molar-refractivity contribution in [3.8, 4) is 0 Å². The molecule has 21 heavy (non-hydrogen) atoms. The lowest BCUT2D eigenvalue weighted by Gasteiger charge is -2.16. The Hall–Kier alpha value is -2.18. The van der Waals surface area contributed by atoms with E-state index >= 15 is 0 Å². The van der Waals surface area contributed by atoms with E-state index in [0.717, 1.165) is 12.1 Å². The number of hydrogen-bond acceptors (Lipinski definition) is 4. The number of furan rings is 1. The van der Waals surface area contributed by atoms with Crippen LogP contribution in [0.1, 0.15) is 31.2 Å². The van der Waals surface area contributed by atoms with E-state index in [9.17, 15) is 13.2 Å². The van der Waals surface area contributed by atoms with E-state index in [4.69, 9.17) is 4.42 Å². The zero-order valence-corrected chi connectivity index (χ0v) is 11.7. The van der Waals surface area contributed by atoms with Crippen LogP contribution < -0.4 is 10.6 Å². The molecule has 0 spiro atoms. The van der Waals surface area contributed by atoms with Gasteiger partial charge in [-0.3, -0.25) is 0 Å². The summed E-state index contributed by atoms with van der Waals surface area (Å²) >= 11 is 0. The summed E-state index contributed by atoms with van der Waals surface area (Å²) in [5.74, 6) is 0.949. The third-order valence-electron chi connectivity index (χ3n) is 2.84. The Morgan fingerprint density at radius 2 is 2.00 bits per heavy atom. The van der Waals surface area contributed by atoms with Gasteiger partial charge in [0.05, 0.1) is 17.9 Å². The van der Waals surface area contributed by atoms with Gasteiger partial charge in [-0.2, -0.15) is 13.2 Å². The summed E-state index contributed by atoms with van der Waals surface area (Å²) in [5.41, 5.74) is -0.748. The number of halogens is 3. The van der Waals surface area contributed by atoms with Crippen molar-refractivity contribution in [2.75, 3.05) is 17.2 Å². The van der Waals surface area contributed by atoms with Crippen LogP contribution >= 0.6 is 0 Å². The molecule has 2 aromatic rings. The van der Waals surface area contributed by atoms with Gasteiger partial charge in [0.15, 0.2) is 0 Å². The molecule has 4 nitrogen and oxygen atoms in total. The maximum absolute atomic E-state index is 12.9. The minimum Gasteiger partial charge on any atom is -0.467 e. The standard InChI is InChI=1S/C14H16F3N3O/c1-3-18-12-7-10(14(15,16)17)8-13(20-12)19-9(2)11-5-4-6-21-11/h4-9H,3H2,1-2H3,(H2,18,19,20). The molecule has 0 radical (unpaired) electrons. The fraction of sp³-hybridized carbons (Fsp3) is 0.357. The van der Waals surface area contributed by atoms with E-state index in [1.807, 2.05) is 0 Å². The molecule has 2 N–H and O–H groups in total. The number of rotatable bonds is 5. The van der Waals surface area contributed by atoms with Crippen LogP contribution in [0.2, 0.25) is 0 Å². The Kier molecular flexibility index (Phi) is 4.40. The first-order valence-corrected chi connectivity index (χ1v) is 6.53. The second-order valence-electron chi connectivity index (χ2n) is 4.54. The third-order valence-corrected chi connectivity index (χ3v) is 2.84. The van der Waals surface area contributed by atoms with Crippen LogP contribution in [0.5, 0.6) is 0 Å². The molecule has 1 atom stereocenters. The van der Waals surface area contributed by atoms with Crippen molar-refractivity contribution >= 4 is 11.6 Å². The zero-order chi connectivity index (χ0) is 15.5. The lowest BCUT2D eigenvalue weighted by molar-refractivity contribution is -0.137. The normalized spacial score (nSPS) is 13.0. The molecule has 7 heteroatoms. The molecule has 0 aliphatic heterocycles. The van der Waals surface area contributed by atoms with E-state index in [2.05, 4.69) is 15.6 Å². The van der Waals surface area contributed by atoms with E-state index in [0.29, 0.717) is 12.3 Å². The van der Waals surface area contributed by atoms with Crippen LogP contribution in [0.15, 0.2) is 34.9 Å². The molecule has 2 heterocycles. The Morgan fingerprint density at radius 1 is 1.29 bits per heavy atom. The van der Waals surface area contributed by atoms with Crippen molar-refractivity contribution < 1.29 is 17.6 Å². The first kappa shape index (κ1) is 15.2. The van der Waals surface area contributed by atoms with Crippen LogP contribution in [0.4, 0.5) is 24.8 Å². The van der Waals surface area contributed by atoms with Gasteiger partial charge >= 0.3 is 6.18 Å². The largest absolute Gasteiger partial charge is 0.467 e. The first-order valence-electron chi connectivity index (χ1n) is 6.53. The molecule has 0 saturated carbocycles. The van der Waals surface area contributed by atoms with Gasteiger partial charge in [-0.15, -0.1) is 0 Å². The maximum atomic E-state index is 12.9. The minimum atomic E-state index is -4.42. The van der Waals surface area contributed by atoms with Gasteiger partial charge in [0.1, 0.15) is 17.4 Å². The lowest BCUT2D eigenvalue weighted by Crippen LogP contribution is -2.12. The second kappa shape index (κ2) is 6.07. The van der Waals surface area contributed by atoms with Crippen LogP contribution in [0.3, 0.4) is 0 Å². The Labute approximate surface area is 120 Å². The van der Waals surface area contributed by atoms with Gasteiger partial charge in [-0.1, -0.05) is 0 Å². The number of aromatic nitrogens is 1. The summed E-state index contributed by atoms with van der Waals surface area (Å²) in [5, 5.41) is 5.70. The van der Waals surface area contributed by atoms with Crippen molar-refractivity contribution in [1.82, 2.24) is 4.98 Å². The summed E-state index contributed by atoms with van der Waals surface area (Å²) in [7, 11) is 0. The highest BCUT2D eigenvalue weighted by Gasteiger charge is 2.31. The van der Waals surface area contributed by atoms with Gasteiger partial charge in [0.25, 0.3) is 0 Å². The predicted octanol–water partition coefficient (Wildman–Crippen LogP) is 4.30. The average molecular weight is 299 g/mol. The second-order valence-corrected chi connectivity index (χ2v) is 4.54. The van der Waals surface area contributed by atoms with E-state index in [-0.39, 0.29) is 17.7 Å². The monoisotopic (exact) mass is 299 g/mol. The fourth-order valence-electron chi connectivity index (χ4n) is 1.87. The molecular weight excluding hydrogens is 283 g/mol. The molecule has 0 bridgehead atoms. The Morgan fingerprint density at radius 3 is 2.57 bits per heavy atom. The number of nitrogens with one attached hydrogen (secondary N) is 2. The average Bonchev–Trinajstić information content (AvgIpc) is 2.91. The van der Waals surface area contributed by atoms with Crippen molar-refractivity contribution in [1.29, 1.82) is 0 Å². The Bertz CT molecular complexity index is 582. The smallest absolute Gasteiger partial charge is 0.416 e. The number of anilines is 2. The summed E-state index contributed by atoms with van der Waals surface area (Å²) in [6.45, 7) is 4.07. The molecular formula is C14H16F3N3O. The molecule has 0 aliphatic rings. The summed E-state index contributed by atoms with van der Waals surface area (Å²) in [6, 6.07) is 5.16. The van der Waals surface area contributed by atoms with Crippen LogP contribution in [0, 0.1) is 0 Å². The van der Waals surface area contributed by atoms with E-state index in [1.165, 1.54) is 6.26 Å². The van der Waals surface area contributed by atoms with Crippen LogP contribution in [0.25, 0.3) is 0 Å². The zero-order valence-electron chi connectivity index (χ0n) is 11.7. The molecule has 0 aromatic carbocycles. The van der Waals surface area contributed by atoms with Crippen molar-refractivity contribution in [3.63, 3.8) is 0 Å². The third kappa shape index (κ3) is 3.90. The molecule has 114 valence electrons. The van der Waals surface area contributed by atoms with E-state index < -0.39 is 11.7 Å². The molecule has 0 saturated heterocycles. The first-order chi connectivity index (χ1) is 9.90. The van der Waals surface area contributed by atoms with Gasteiger partial charge in [-0.25, -0.2) is 4.98 Å². The highest BCUT2D eigenvalue weighted by atomic mass is 19.4. The molecule has 2 aromatic heterocycles.